The van der Waals surface area contributed by atoms with Crippen LogP contribution in [0.3, 0.4) is 0 Å². The van der Waals surface area contributed by atoms with E-state index >= 15 is 0 Å². The van der Waals surface area contributed by atoms with Gasteiger partial charge in [0.1, 0.15) is 6.04 Å². The summed E-state index contributed by atoms with van der Waals surface area (Å²) in [5.41, 5.74) is 1.07. The molecule has 3 rings (SSSR count). The minimum Gasteiger partial charge on any atom is -0.465 e. The number of hydrogen-bond donors (Lipinski definition) is 4. The van der Waals surface area contributed by atoms with E-state index in [1.807, 2.05) is 0 Å². The Hall–Kier alpha value is -3.43. The second-order valence-electron chi connectivity index (χ2n) is 7.60. The molecule has 10 nitrogen and oxygen atoms in total. The molecule has 1 fully saturated rings. The summed E-state index contributed by atoms with van der Waals surface area (Å²) in [5, 5.41) is 16.2. The van der Waals surface area contributed by atoms with Crippen molar-refractivity contribution in [3.8, 4) is 0 Å². The van der Waals surface area contributed by atoms with Gasteiger partial charge >= 0.3 is 6.09 Å². The third kappa shape index (κ3) is 5.19. The van der Waals surface area contributed by atoms with E-state index in [1.165, 1.54) is 0 Å². The Morgan fingerprint density at radius 2 is 1.74 bits per heavy atom. The number of nitrogens with zero attached hydrogens (tertiary/aromatic N) is 1. The number of piperidine rings is 1. The predicted molar refractivity (Wildman–Crippen MR) is 111 cm³/mol. The molecule has 1 unspecified atom stereocenters. The largest absolute Gasteiger partial charge is 0.465 e. The van der Waals surface area contributed by atoms with Crippen LogP contribution in [-0.4, -0.2) is 58.9 Å². The summed E-state index contributed by atoms with van der Waals surface area (Å²) in [5.74, 6) is -2.08. The van der Waals surface area contributed by atoms with Crippen molar-refractivity contribution in [1.82, 2.24) is 15.5 Å². The number of nitrogens with one attached hydrogen (secondary N) is 3. The van der Waals surface area contributed by atoms with Crippen LogP contribution in [0, 0.1) is 0 Å². The molecule has 1 aromatic rings. The van der Waals surface area contributed by atoms with Gasteiger partial charge in [0.25, 0.3) is 11.8 Å². The number of rotatable bonds is 10. The van der Waals surface area contributed by atoms with Crippen molar-refractivity contribution in [3.63, 3.8) is 0 Å². The van der Waals surface area contributed by atoms with Gasteiger partial charge in [0.15, 0.2) is 0 Å². The smallest absolute Gasteiger partial charge is 0.404 e. The fourth-order valence-corrected chi connectivity index (χ4v) is 3.86. The highest BCUT2D eigenvalue weighted by Gasteiger charge is 2.45. The molecule has 0 aliphatic carbocycles. The monoisotopic (exact) mass is 430 g/mol. The molecule has 0 spiro atoms. The molecule has 0 radical (unpaired) electrons. The maximum Gasteiger partial charge on any atom is 0.404 e. The van der Waals surface area contributed by atoms with Crippen LogP contribution in [0.25, 0.3) is 0 Å². The summed E-state index contributed by atoms with van der Waals surface area (Å²) in [6.07, 6.45) is 3.69. The van der Waals surface area contributed by atoms with Crippen LogP contribution in [0.4, 0.5) is 10.5 Å². The Morgan fingerprint density at radius 1 is 1.03 bits per heavy atom. The van der Waals surface area contributed by atoms with E-state index in [0.29, 0.717) is 18.8 Å². The zero-order valence-corrected chi connectivity index (χ0v) is 17.1. The van der Waals surface area contributed by atoms with Crippen LogP contribution >= 0.6 is 0 Å². The number of unbranched alkanes of at least 4 members (excludes halogenated alkanes) is 4. The first kappa shape index (κ1) is 22.3. The van der Waals surface area contributed by atoms with Gasteiger partial charge in [0, 0.05) is 25.2 Å². The molecule has 5 amide bonds. The zero-order valence-electron chi connectivity index (χ0n) is 17.1. The third-order valence-corrected chi connectivity index (χ3v) is 5.41. The highest BCUT2D eigenvalue weighted by molar-refractivity contribution is 6.25. The van der Waals surface area contributed by atoms with Crippen molar-refractivity contribution in [3.05, 3.63) is 29.3 Å². The number of carboxylic acid groups (broad SMARTS) is 1. The van der Waals surface area contributed by atoms with Crippen molar-refractivity contribution in [1.29, 1.82) is 0 Å². The van der Waals surface area contributed by atoms with Crippen LogP contribution < -0.4 is 16.0 Å². The lowest BCUT2D eigenvalue weighted by molar-refractivity contribution is -0.136. The van der Waals surface area contributed by atoms with Gasteiger partial charge in [0.2, 0.25) is 11.8 Å². The number of anilines is 1. The van der Waals surface area contributed by atoms with Gasteiger partial charge in [-0.25, -0.2) is 4.79 Å². The van der Waals surface area contributed by atoms with Crippen LogP contribution in [-0.2, 0) is 9.59 Å². The average Bonchev–Trinajstić information content (AvgIpc) is 2.98. The van der Waals surface area contributed by atoms with Gasteiger partial charge in [-0.05, 0) is 31.4 Å². The quantitative estimate of drug-likeness (QED) is 0.327. The van der Waals surface area contributed by atoms with E-state index in [2.05, 4.69) is 16.0 Å². The second-order valence-corrected chi connectivity index (χ2v) is 7.60. The Kier molecular flexibility index (Phi) is 7.22. The van der Waals surface area contributed by atoms with Crippen LogP contribution in [0.2, 0.25) is 0 Å². The topological polar surface area (TPSA) is 145 Å². The first-order valence-corrected chi connectivity index (χ1v) is 10.5. The van der Waals surface area contributed by atoms with E-state index < -0.39 is 35.8 Å². The number of amides is 5. The van der Waals surface area contributed by atoms with Gasteiger partial charge in [-0.3, -0.25) is 29.4 Å². The summed E-state index contributed by atoms with van der Waals surface area (Å²) < 4.78 is 0. The van der Waals surface area contributed by atoms with E-state index in [1.54, 1.807) is 18.2 Å². The highest BCUT2D eigenvalue weighted by atomic mass is 16.4. The number of carbonyl (C=O) groups excluding carboxylic acids is 4. The average molecular weight is 430 g/mol. The molecule has 1 aromatic carbocycles. The van der Waals surface area contributed by atoms with Crippen LogP contribution in [0.1, 0.15) is 65.7 Å². The van der Waals surface area contributed by atoms with Crippen molar-refractivity contribution in [2.75, 3.05) is 18.4 Å². The Morgan fingerprint density at radius 3 is 2.45 bits per heavy atom. The number of benzene rings is 1. The second kappa shape index (κ2) is 10.1. The highest BCUT2D eigenvalue weighted by Crippen LogP contribution is 2.32. The van der Waals surface area contributed by atoms with Crippen molar-refractivity contribution in [2.24, 2.45) is 0 Å². The maximum atomic E-state index is 13.0. The molecule has 0 saturated carbocycles. The summed E-state index contributed by atoms with van der Waals surface area (Å²) in [6.45, 7) is 1.06. The lowest BCUT2D eigenvalue weighted by Gasteiger charge is -2.27. The third-order valence-electron chi connectivity index (χ3n) is 5.41. The van der Waals surface area contributed by atoms with Crippen LogP contribution in [0.15, 0.2) is 18.2 Å². The first-order valence-electron chi connectivity index (χ1n) is 10.5. The van der Waals surface area contributed by atoms with Gasteiger partial charge in [-0.1, -0.05) is 25.3 Å². The minimum absolute atomic E-state index is 0.0846. The molecular weight excluding hydrogens is 404 g/mol. The molecule has 166 valence electrons. The molecule has 1 saturated heterocycles. The normalized spacial score (nSPS) is 18.1. The van der Waals surface area contributed by atoms with Gasteiger partial charge in [0.05, 0.1) is 11.1 Å². The number of hydrogen-bond acceptors (Lipinski definition) is 6. The molecule has 2 aliphatic heterocycles. The SMILES string of the molecule is O=C(O)NCCCCCCCNc1cccc2c1C(=O)N(C1CCC(=O)NC1=O)C2=O. The first-order chi connectivity index (χ1) is 14.9. The molecule has 2 heterocycles. The van der Waals surface area contributed by atoms with Gasteiger partial charge in [-0.15, -0.1) is 0 Å². The zero-order chi connectivity index (χ0) is 22.4. The number of imide groups is 2. The van der Waals surface area contributed by atoms with E-state index in [4.69, 9.17) is 5.11 Å². The van der Waals surface area contributed by atoms with Gasteiger partial charge < -0.3 is 15.7 Å². The molecular formula is C21H26N4O6. The molecule has 31 heavy (non-hydrogen) atoms. The molecule has 10 heteroatoms. The lowest BCUT2D eigenvalue weighted by atomic mass is 10.0. The van der Waals surface area contributed by atoms with Crippen molar-refractivity contribution in [2.45, 2.75) is 51.0 Å². The molecule has 2 aliphatic rings. The number of carbonyl (C=O) groups is 5. The van der Waals surface area contributed by atoms with Crippen molar-refractivity contribution < 1.29 is 29.1 Å². The standard InChI is InChI=1S/C21H26N4O6/c26-16-10-9-15(18(27)24-16)25-19(28)13-7-6-8-14(17(13)20(25)29)22-11-4-2-1-3-5-12-23-21(30)31/h6-8,15,22-23H,1-5,9-12H2,(H,30,31)(H,24,26,27). The maximum absolute atomic E-state index is 13.0. The Bertz CT molecular complexity index is 900. The summed E-state index contributed by atoms with van der Waals surface area (Å²) in [4.78, 5) is 60.7. The Labute approximate surface area is 179 Å². The van der Waals surface area contributed by atoms with E-state index in [-0.39, 0.29) is 24.0 Å². The lowest BCUT2D eigenvalue weighted by Crippen LogP contribution is -2.54. The fourth-order valence-electron chi connectivity index (χ4n) is 3.86. The number of fused-ring (bicyclic) bond motifs is 1. The van der Waals surface area contributed by atoms with E-state index in [9.17, 15) is 24.0 Å². The summed E-state index contributed by atoms with van der Waals surface area (Å²) >= 11 is 0. The van der Waals surface area contributed by atoms with Crippen molar-refractivity contribution >= 4 is 35.4 Å². The predicted octanol–water partition coefficient (Wildman–Crippen LogP) is 1.72. The molecule has 0 aromatic heterocycles. The minimum atomic E-state index is -1.01. The van der Waals surface area contributed by atoms with Crippen LogP contribution in [0.5, 0.6) is 0 Å². The van der Waals surface area contributed by atoms with Gasteiger partial charge in [-0.2, -0.15) is 0 Å². The summed E-state index contributed by atoms with van der Waals surface area (Å²) in [6, 6.07) is 4.01. The fraction of sp³-hybridized carbons (Fsp3) is 0.476. The molecule has 1 atom stereocenters. The molecule has 4 N–H and O–H groups in total. The Balaban J connectivity index is 1.53. The van der Waals surface area contributed by atoms with E-state index in [0.717, 1.165) is 37.0 Å². The molecule has 0 bridgehead atoms. The summed E-state index contributed by atoms with van der Waals surface area (Å²) in [7, 11) is 0.